The molecule has 2 aromatic carbocycles. The Morgan fingerprint density at radius 1 is 1.18 bits per heavy atom. The number of ether oxygens (including phenoxy) is 1. The Balaban J connectivity index is 1.46. The van der Waals surface area contributed by atoms with Crippen molar-refractivity contribution in [3.63, 3.8) is 0 Å². The number of amides is 1. The zero-order valence-electron chi connectivity index (χ0n) is 15.5. The number of aromatic nitrogens is 2. The molecule has 146 valence electrons. The fourth-order valence-electron chi connectivity index (χ4n) is 2.33. The third-order valence-corrected chi connectivity index (χ3v) is 4.98. The van der Waals surface area contributed by atoms with Crippen molar-refractivity contribution in [2.45, 2.75) is 31.6 Å². The highest BCUT2D eigenvalue weighted by molar-refractivity contribution is 7.99. The summed E-state index contributed by atoms with van der Waals surface area (Å²) in [6.07, 6.45) is 0. The Morgan fingerprint density at radius 2 is 1.93 bits per heavy atom. The van der Waals surface area contributed by atoms with Crippen LogP contribution in [-0.4, -0.2) is 21.9 Å². The molecule has 0 spiro atoms. The van der Waals surface area contributed by atoms with Gasteiger partial charge in [-0.3, -0.25) is 4.79 Å². The zero-order chi connectivity index (χ0) is 19.9. The molecule has 0 aliphatic rings. The van der Waals surface area contributed by atoms with Crippen LogP contribution < -0.4 is 10.1 Å². The minimum atomic E-state index is -0.209. The second kappa shape index (κ2) is 9.61. The summed E-state index contributed by atoms with van der Waals surface area (Å²) in [4.78, 5) is 12.0. The molecule has 1 heterocycles. The van der Waals surface area contributed by atoms with Crippen molar-refractivity contribution in [2.75, 3.05) is 11.1 Å². The van der Waals surface area contributed by atoms with Crippen molar-refractivity contribution in [3.8, 4) is 5.75 Å². The predicted molar refractivity (Wildman–Crippen MR) is 110 cm³/mol. The molecular weight excluding hydrogens is 398 g/mol. The van der Waals surface area contributed by atoms with Crippen molar-refractivity contribution in [2.24, 2.45) is 0 Å². The Bertz CT molecular complexity index is 928. The first kappa shape index (κ1) is 20.2. The Morgan fingerprint density at radius 3 is 2.64 bits per heavy atom. The molecule has 1 N–H and O–H groups in total. The normalized spacial score (nSPS) is 10.9. The lowest BCUT2D eigenvalue weighted by Crippen LogP contribution is -2.14. The molecule has 0 fully saturated rings. The number of carbonyl (C=O) groups excluding carboxylic acids is 1. The number of thioether (sulfide) groups is 1. The summed E-state index contributed by atoms with van der Waals surface area (Å²) in [6, 6.07) is 15.0. The molecule has 6 nitrogen and oxygen atoms in total. The van der Waals surface area contributed by atoms with Crippen LogP contribution in [0.4, 0.5) is 5.69 Å². The van der Waals surface area contributed by atoms with Crippen LogP contribution in [0.2, 0.25) is 5.02 Å². The molecule has 1 amide bonds. The molecule has 0 bridgehead atoms. The highest BCUT2D eigenvalue weighted by atomic mass is 35.5. The van der Waals surface area contributed by atoms with Gasteiger partial charge >= 0.3 is 0 Å². The zero-order valence-corrected chi connectivity index (χ0v) is 17.1. The SMILES string of the molecule is CC(C)c1ccc(OCc2nnc(SCC(=O)Nc3ccccc3Cl)o2)cc1. The number of nitrogens with zero attached hydrogens (tertiary/aromatic N) is 2. The minimum absolute atomic E-state index is 0.129. The van der Waals surface area contributed by atoms with Crippen molar-refractivity contribution in [1.82, 2.24) is 10.2 Å². The summed E-state index contributed by atoms with van der Waals surface area (Å²) in [5.41, 5.74) is 1.82. The number of nitrogens with one attached hydrogen (secondary N) is 1. The van der Waals surface area contributed by atoms with E-state index in [2.05, 4.69) is 29.4 Å². The van der Waals surface area contributed by atoms with Gasteiger partial charge in [-0.2, -0.15) is 0 Å². The van der Waals surface area contributed by atoms with Crippen molar-refractivity contribution < 1.29 is 13.9 Å². The van der Waals surface area contributed by atoms with E-state index in [0.29, 0.717) is 27.7 Å². The van der Waals surface area contributed by atoms with Crippen LogP contribution in [-0.2, 0) is 11.4 Å². The van der Waals surface area contributed by atoms with Crippen LogP contribution in [0.25, 0.3) is 0 Å². The van der Waals surface area contributed by atoms with Gasteiger partial charge in [-0.1, -0.05) is 61.5 Å². The minimum Gasteiger partial charge on any atom is -0.484 e. The number of halogens is 1. The van der Waals surface area contributed by atoms with Gasteiger partial charge < -0.3 is 14.5 Å². The predicted octanol–water partition coefficient (Wildman–Crippen LogP) is 5.16. The molecule has 0 unspecified atom stereocenters. The second-order valence-electron chi connectivity index (χ2n) is 6.29. The van der Waals surface area contributed by atoms with Gasteiger partial charge in [0.25, 0.3) is 11.1 Å². The van der Waals surface area contributed by atoms with Crippen LogP contribution in [0, 0.1) is 0 Å². The molecule has 28 heavy (non-hydrogen) atoms. The van der Waals surface area contributed by atoms with E-state index in [4.69, 9.17) is 20.8 Å². The quantitative estimate of drug-likeness (QED) is 0.510. The van der Waals surface area contributed by atoms with Gasteiger partial charge in [0.1, 0.15) is 5.75 Å². The van der Waals surface area contributed by atoms with Gasteiger partial charge in [-0.25, -0.2) is 0 Å². The standard InChI is InChI=1S/C20H20ClN3O3S/c1-13(2)14-7-9-15(10-8-14)26-11-19-23-24-20(27-19)28-12-18(25)22-17-6-4-3-5-16(17)21/h3-10,13H,11-12H2,1-2H3,(H,22,25). The maximum atomic E-state index is 12.0. The third-order valence-electron chi connectivity index (χ3n) is 3.83. The number of rotatable bonds is 8. The number of benzene rings is 2. The summed E-state index contributed by atoms with van der Waals surface area (Å²) in [5, 5.41) is 11.4. The number of anilines is 1. The fourth-order valence-corrected chi connectivity index (χ4v) is 3.09. The maximum Gasteiger partial charge on any atom is 0.277 e. The Kier molecular flexibility index (Phi) is 6.95. The number of hydrogen-bond acceptors (Lipinski definition) is 6. The monoisotopic (exact) mass is 417 g/mol. The Labute approximate surface area is 172 Å². The Hall–Kier alpha value is -2.51. The first-order valence-electron chi connectivity index (χ1n) is 8.73. The van der Waals surface area contributed by atoms with E-state index in [9.17, 15) is 4.79 Å². The van der Waals surface area contributed by atoms with E-state index in [1.54, 1.807) is 24.3 Å². The molecule has 0 aliphatic carbocycles. The van der Waals surface area contributed by atoms with Crippen molar-refractivity contribution >= 4 is 35.0 Å². The smallest absolute Gasteiger partial charge is 0.277 e. The topological polar surface area (TPSA) is 77.2 Å². The molecule has 0 saturated carbocycles. The van der Waals surface area contributed by atoms with Gasteiger partial charge in [0.05, 0.1) is 16.5 Å². The summed E-state index contributed by atoms with van der Waals surface area (Å²) >= 11 is 7.17. The summed E-state index contributed by atoms with van der Waals surface area (Å²) < 4.78 is 11.2. The van der Waals surface area contributed by atoms with Gasteiger partial charge in [0, 0.05) is 0 Å². The van der Waals surface area contributed by atoms with Gasteiger partial charge in [-0.15, -0.1) is 10.2 Å². The number of hydrogen-bond donors (Lipinski definition) is 1. The van der Waals surface area contributed by atoms with E-state index in [0.717, 1.165) is 17.5 Å². The van der Waals surface area contributed by atoms with Gasteiger partial charge in [-0.05, 0) is 35.7 Å². The van der Waals surface area contributed by atoms with Crippen LogP contribution in [0.5, 0.6) is 5.75 Å². The molecule has 0 aliphatic heterocycles. The van der Waals surface area contributed by atoms with Crippen LogP contribution in [0.15, 0.2) is 58.2 Å². The number of para-hydroxylation sites is 1. The molecule has 8 heteroatoms. The summed E-state index contributed by atoms with van der Waals surface area (Å²) in [5.74, 6) is 1.47. The largest absolute Gasteiger partial charge is 0.484 e. The fraction of sp³-hybridized carbons (Fsp3) is 0.250. The highest BCUT2D eigenvalue weighted by Crippen LogP contribution is 2.23. The molecule has 3 aromatic rings. The van der Waals surface area contributed by atoms with Gasteiger partial charge in [0.15, 0.2) is 6.61 Å². The first-order chi connectivity index (χ1) is 13.5. The number of carbonyl (C=O) groups is 1. The summed E-state index contributed by atoms with van der Waals surface area (Å²) in [7, 11) is 0. The maximum absolute atomic E-state index is 12.0. The molecule has 3 rings (SSSR count). The lowest BCUT2D eigenvalue weighted by atomic mass is 10.0. The van der Waals surface area contributed by atoms with Gasteiger partial charge in [0.2, 0.25) is 5.91 Å². The van der Waals surface area contributed by atoms with Crippen LogP contribution in [0.1, 0.15) is 31.2 Å². The van der Waals surface area contributed by atoms with Crippen LogP contribution >= 0.6 is 23.4 Å². The molecule has 0 saturated heterocycles. The lowest BCUT2D eigenvalue weighted by Gasteiger charge is -2.07. The van der Waals surface area contributed by atoms with Crippen molar-refractivity contribution in [3.05, 3.63) is 65.0 Å². The lowest BCUT2D eigenvalue weighted by molar-refractivity contribution is -0.113. The molecule has 0 atom stereocenters. The second-order valence-corrected chi connectivity index (χ2v) is 7.62. The average Bonchev–Trinajstić information content (AvgIpc) is 3.15. The first-order valence-corrected chi connectivity index (χ1v) is 10.1. The van der Waals surface area contributed by atoms with Crippen LogP contribution in [0.3, 0.4) is 0 Å². The van der Waals surface area contributed by atoms with E-state index in [1.165, 1.54) is 5.56 Å². The summed E-state index contributed by atoms with van der Waals surface area (Å²) in [6.45, 7) is 4.45. The highest BCUT2D eigenvalue weighted by Gasteiger charge is 2.11. The van der Waals surface area contributed by atoms with E-state index in [-0.39, 0.29) is 18.3 Å². The molecule has 0 radical (unpaired) electrons. The third kappa shape index (κ3) is 5.74. The molecule has 1 aromatic heterocycles. The van der Waals surface area contributed by atoms with E-state index in [1.807, 2.05) is 24.3 Å². The molecular formula is C20H20ClN3O3S. The van der Waals surface area contributed by atoms with E-state index < -0.39 is 0 Å². The van der Waals surface area contributed by atoms with Crippen molar-refractivity contribution in [1.29, 1.82) is 0 Å². The van der Waals surface area contributed by atoms with E-state index >= 15 is 0 Å². The average molecular weight is 418 g/mol.